The number of hydrogen-bond donors (Lipinski definition) is 0. The van der Waals surface area contributed by atoms with Crippen molar-refractivity contribution in [3.63, 3.8) is 0 Å². The van der Waals surface area contributed by atoms with Crippen LogP contribution in [-0.4, -0.2) is 28.4 Å². The molecule has 192 valence electrons. The number of piperidine rings is 1. The van der Waals surface area contributed by atoms with Crippen molar-refractivity contribution in [2.24, 2.45) is 0 Å². The van der Waals surface area contributed by atoms with Crippen LogP contribution in [0.25, 0.3) is 0 Å². The van der Waals surface area contributed by atoms with Crippen LogP contribution < -0.4 is 0 Å². The maximum Gasteiger partial charge on any atom is 0.0602 e. The topological polar surface area (TPSA) is 3.24 Å². The molecule has 2 heteroatoms. The van der Waals surface area contributed by atoms with Crippen molar-refractivity contribution in [1.82, 2.24) is 4.90 Å². The summed E-state index contributed by atoms with van der Waals surface area (Å²) < 4.78 is 0. The SMILES string of the molecule is CCCCCCCCN1CCCC(C)(Cl)C1(CCCCCCCC)CCCCCCCC. The summed E-state index contributed by atoms with van der Waals surface area (Å²) in [5, 5.41) is 0. The largest absolute Gasteiger partial charge is 0.296 e. The van der Waals surface area contributed by atoms with Crippen molar-refractivity contribution >= 4 is 11.6 Å². The minimum Gasteiger partial charge on any atom is -0.296 e. The van der Waals surface area contributed by atoms with Crippen molar-refractivity contribution in [1.29, 1.82) is 0 Å². The van der Waals surface area contributed by atoms with Crippen LogP contribution in [0.1, 0.15) is 169 Å². The van der Waals surface area contributed by atoms with Gasteiger partial charge < -0.3 is 0 Å². The van der Waals surface area contributed by atoms with Gasteiger partial charge in [-0.3, -0.25) is 4.90 Å². The van der Waals surface area contributed by atoms with E-state index in [4.69, 9.17) is 11.6 Å². The molecule has 1 saturated heterocycles. The van der Waals surface area contributed by atoms with Gasteiger partial charge in [-0.25, -0.2) is 0 Å². The Morgan fingerprint density at radius 3 is 1.47 bits per heavy atom. The summed E-state index contributed by atoms with van der Waals surface area (Å²) in [6, 6.07) is 0. The molecule has 0 spiro atoms. The zero-order valence-electron chi connectivity index (χ0n) is 22.8. The third-order valence-electron chi connectivity index (χ3n) is 8.32. The second-order valence-electron chi connectivity index (χ2n) is 11.1. The van der Waals surface area contributed by atoms with Gasteiger partial charge in [0.1, 0.15) is 0 Å². The Morgan fingerprint density at radius 2 is 1.00 bits per heavy atom. The lowest BCUT2D eigenvalue weighted by Gasteiger charge is -2.56. The molecule has 1 aliphatic rings. The highest BCUT2D eigenvalue weighted by molar-refractivity contribution is 6.24. The van der Waals surface area contributed by atoms with Gasteiger partial charge >= 0.3 is 0 Å². The van der Waals surface area contributed by atoms with Gasteiger partial charge in [0.05, 0.1) is 4.87 Å². The minimum atomic E-state index is -0.0553. The molecule has 1 rings (SSSR count). The molecule has 0 saturated carbocycles. The van der Waals surface area contributed by atoms with Crippen molar-refractivity contribution in [3.8, 4) is 0 Å². The first-order chi connectivity index (χ1) is 15.5. The van der Waals surface area contributed by atoms with Gasteiger partial charge in [0, 0.05) is 5.54 Å². The number of unbranched alkanes of at least 4 members (excludes halogenated alkanes) is 15. The summed E-state index contributed by atoms with van der Waals surface area (Å²) in [4.78, 5) is 2.85. The zero-order valence-corrected chi connectivity index (χ0v) is 23.6. The first-order valence-corrected chi connectivity index (χ1v) is 15.4. The third-order valence-corrected chi connectivity index (χ3v) is 8.86. The highest BCUT2D eigenvalue weighted by Crippen LogP contribution is 2.48. The fraction of sp³-hybridized carbons (Fsp3) is 1.00. The summed E-state index contributed by atoms with van der Waals surface area (Å²) >= 11 is 7.45. The number of nitrogens with zero attached hydrogens (tertiary/aromatic N) is 1. The lowest BCUT2D eigenvalue weighted by atomic mass is 9.70. The van der Waals surface area contributed by atoms with Crippen molar-refractivity contribution in [2.75, 3.05) is 13.1 Å². The maximum absolute atomic E-state index is 7.45. The predicted octanol–water partition coefficient (Wildman–Crippen LogP) is 10.7. The van der Waals surface area contributed by atoms with Crippen LogP contribution in [0.15, 0.2) is 0 Å². The maximum atomic E-state index is 7.45. The summed E-state index contributed by atoms with van der Waals surface area (Å²) in [5.74, 6) is 0. The van der Waals surface area contributed by atoms with Crippen LogP contribution >= 0.6 is 11.6 Å². The van der Waals surface area contributed by atoms with E-state index in [9.17, 15) is 0 Å². The molecule has 0 aliphatic carbocycles. The van der Waals surface area contributed by atoms with Crippen LogP contribution in [0.4, 0.5) is 0 Å². The molecule has 0 aromatic carbocycles. The molecular weight excluding hydrogens is 410 g/mol. The monoisotopic (exact) mass is 469 g/mol. The molecule has 1 atom stereocenters. The molecule has 0 aromatic heterocycles. The van der Waals surface area contributed by atoms with E-state index in [-0.39, 0.29) is 10.4 Å². The average Bonchev–Trinajstić information content (AvgIpc) is 2.77. The number of likely N-dealkylation sites (tertiary alicyclic amines) is 1. The highest BCUT2D eigenvalue weighted by atomic mass is 35.5. The van der Waals surface area contributed by atoms with Crippen molar-refractivity contribution in [2.45, 2.75) is 179 Å². The van der Waals surface area contributed by atoms with Crippen LogP contribution in [0.5, 0.6) is 0 Å². The standard InChI is InChI=1S/C30H60ClN/c1-5-8-11-14-17-20-25-30(26-21-18-15-12-9-6-2)29(4,31)24-23-28-32(30)27-22-19-16-13-10-7-3/h5-28H2,1-4H3. The number of halogens is 1. The van der Waals surface area contributed by atoms with E-state index in [0.29, 0.717) is 0 Å². The molecule has 1 aliphatic heterocycles. The Balaban J connectivity index is 2.73. The van der Waals surface area contributed by atoms with Gasteiger partial charge in [-0.05, 0) is 52.1 Å². The van der Waals surface area contributed by atoms with Gasteiger partial charge in [0.25, 0.3) is 0 Å². The molecule has 1 nitrogen and oxygen atoms in total. The Bertz CT molecular complexity index is 403. The van der Waals surface area contributed by atoms with E-state index < -0.39 is 0 Å². The van der Waals surface area contributed by atoms with E-state index in [0.717, 1.165) is 0 Å². The summed E-state index contributed by atoms with van der Waals surface area (Å²) in [5.41, 5.74) is 0.228. The van der Waals surface area contributed by atoms with E-state index in [1.54, 1.807) is 0 Å². The van der Waals surface area contributed by atoms with Gasteiger partial charge in [0.15, 0.2) is 0 Å². The average molecular weight is 470 g/mol. The Kier molecular flexibility index (Phi) is 17.6. The summed E-state index contributed by atoms with van der Waals surface area (Å²) in [6.45, 7) is 11.9. The molecule has 1 fully saturated rings. The van der Waals surface area contributed by atoms with Crippen LogP contribution in [0, 0.1) is 0 Å². The summed E-state index contributed by atoms with van der Waals surface area (Å²) in [7, 11) is 0. The highest BCUT2D eigenvalue weighted by Gasteiger charge is 2.51. The predicted molar refractivity (Wildman–Crippen MR) is 147 cm³/mol. The lowest BCUT2D eigenvalue weighted by molar-refractivity contribution is -0.00413. The fourth-order valence-electron chi connectivity index (χ4n) is 6.15. The Labute approximate surface area is 208 Å². The smallest absolute Gasteiger partial charge is 0.0602 e. The van der Waals surface area contributed by atoms with E-state index >= 15 is 0 Å². The molecule has 0 N–H and O–H groups in total. The quantitative estimate of drug-likeness (QED) is 0.119. The second kappa shape index (κ2) is 18.6. The normalized spacial score (nSPS) is 21.3. The van der Waals surface area contributed by atoms with E-state index in [2.05, 4.69) is 32.6 Å². The molecular formula is C30H60ClN. The Hall–Kier alpha value is 0.250. The van der Waals surface area contributed by atoms with E-state index in [1.807, 2.05) is 0 Å². The van der Waals surface area contributed by atoms with Gasteiger partial charge in [-0.15, -0.1) is 11.6 Å². The number of hydrogen-bond acceptors (Lipinski definition) is 1. The van der Waals surface area contributed by atoms with Crippen LogP contribution in [0.3, 0.4) is 0 Å². The van der Waals surface area contributed by atoms with Gasteiger partial charge in [-0.2, -0.15) is 0 Å². The molecule has 1 unspecified atom stereocenters. The lowest BCUT2D eigenvalue weighted by Crippen LogP contribution is -2.64. The third kappa shape index (κ3) is 11.1. The van der Waals surface area contributed by atoms with Crippen LogP contribution in [0.2, 0.25) is 0 Å². The minimum absolute atomic E-state index is 0.0553. The van der Waals surface area contributed by atoms with Crippen molar-refractivity contribution in [3.05, 3.63) is 0 Å². The van der Waals surface area contributed by atoms with Gasteiger partial charge in [-0.1, -0.05) is 130 Å². The van der Waals surface area contributed by atoms with Crippen LogP contribution in [-0.2, 0) is 0 Å². The molecule has 0 bridgehead atoms. The number of rotatable bonds is 21. The molecule has 0 amide bonds. The summed E-state index contributed by atoms with van der Waals surface area (Å²) in [6.07, 6.45) is 30.2. The number of alkyl halides is 1. The van der Waals surface area contributed by atoms with Crippen molar-refractivity contribution < 1.29 is 0 Å². The first kappa shape index (κ1) is 30.3. The fourth-order valence-corrected chi connectivity index (χ4v) is 6.59. The molecule has 0 radical (unpaired) electrons. The molecule has 32 heavy (non-hydrogen) atoms. The van der Waals surface area contributed by atoms with Gasteiger partial charge in [0.2, 0.25) is 0 Å². The zero-order chi connectivity index (χ0) is 23.5. The molecule has 1 heterocycles. The Morgan fingerprint density at radius 1 is 0.594 bits per heavy atom. The first-order valence-electron chi connectivity index (χ1n) is 15.0. The molecule has 0 aromatic rings. The van der Waals surface area contributed by atoms with E-state index in [1.165, 1.54) is 154 Å². The second-order valence-corrected chi connectivity index (χ2v) is 12.0.